The van der Waals surface area contributed by atoms with Crippen molar-refractivity contribution in [2.45, 2.75) is 26.3 Å². The summed E-state index contributed by atoms with van der Waals surface area (Å²) in [6.45, 7) is 5.37. The molecule has 0 radical (unpaired) electrons. The van der Waals surface area contributed by atoms with Gasteiger partial charge in [-0.05, 0) is 18.9 Å². The fourth-order valence-electron chi connectivity index (χ4n) is 2.83. The van der Waals surface area contributed by atoms with E-state index in [1.807, 2.05) is 6.07 Å². The van der Waals surface area contributed by atoms with Gasteiger partial charge in [0, 0.05) is 23.2 Å². The largest absolute Gasteiger partial charge is 0.496 e. The molecule has 0 bridgehead atoms. The highest BCUT2D eigenvalue weighted by Gasteiger charge is 2.30. The fourth-order valence-corrected chi connectivity index (χ4v) is 2.83. The zero-order chi connectivity index (χ0) is 14.0. The zero-order valence-corrected chi connectivity index (χ0v) is 12.4. The SMILES string of the molecule is COc1cc(OC)c(OC)c2c1CCNC2C(C)C. The van der Waals surface area contributed by atoms with Crippen LogP contribution >= 0.6 is 0 Å². The highest BCUT2D eigenvalue weighted by atomic mass is 16.5. The van der Waals surface area contributed by atoms with E-state index in [9.17, 15) is 0 Å². The molecule has 1 heterocycles. The second-order valence-electron chi connectivity index (χ2n) is 5.13. The van der Waals surface area contributed by atoms with Crippen LogP contribution in [0, 0.1) is 5.92 Å². The predicted octanol–water partition coefficient (Wildman–Crippen LogP) is 2.56. The third-order valence-electron chi connectivity index (χ3n) is 3.71. The van der Waals surface area contributed by atoms with Gasteiger partial charge < -0.3 is 19.5 Å². The van der Waals surface area contributed by atoms with Crippen molar-refractivity contribution in [3.8, 4) is 17.2 Å². The molecule has 1 aliphatic rings. The minimum atomic E-state index is 0.266. The quantitative estimate of drug-likeness (QED) is 0.908. The summed E-state index contributed by atoms with van der Waals surface area (Å²) in [7, 11) is 5.05. The van der Waals surface area contributed by atoms with Crippen molar-refractivity contribution in [3.63, 3.8) is 0 Å². The molecule has 2 rings (SSSR count). The van der Waals surface area contributed by atoms with Crippen molar-refractivity contribution in [1.82, 2.24) is 5.32 Å². The van der Waals surface area contributed by atoms with Crippen LogP contribution in [0.3, 0.4) is 0 Å². The third kappa shape index (κ3) is 2.37. The standard InChI is InChI=1S/C15H23NO3/c1-9(2)14-13-10(6-7-16-14)11(17-3)8-12(18-4)15(13)19-5/h8-9,14,16H,6-7H2,1-5H3. The Morgan fingerprint density at radius 2 is 1.79 bits per heavy atom. The van der Waals surface area contributed by atoms with Gasteiger partial charge in [0.2, 0.25) is 0 Å². The molecule has 0 amide bonds. The average Bonchev–Trinajstić information content (AvgIpc) is 2.44. The Bertz CT molecular complexity index is 435. The fraction of sp³-hybridized carbons (Fsp3) is 0.600. The molecule has 106 valence electrons. The van der Waals surface area contributed by atoms with Gasteiger partial charge in [-0.1, -0.05) is 13.8 Å². The summed E-state index contributed by atoms with van der Waals surface area (Å²) in [6, 6.07) is 2.18. The van der Waals surface area contributed by atoms with E-state index in [0.717, 1.165) is 30.2 Å². The second kappa shape index (κ2) is 5.70. The molecule has 1 aromatic carbocycles. The minimum absolute atomic E-state index is 0.266. The molecule has 1 aromatic rings. The first-order valence-electron chi connectivity index (χ1n) is 6.69. The van der Waals surface area contributed by atoms with Gasteiger partial charge in [-0.25, -0.2) is 0 Å². The number of methoxy groups -OCH3 is 3. The first-order chi connectivity index (χ1) is 9.13. The molecular weight excluding hydrogens is 242 g/mol. The Morgan fingerprint density at radius 1 is 1.11 bits per heavy atom. The van der Waals surface area contributed by atoms with Crippen LogP contribution in [-0.2, 0) is 6.42 Å². The number of ether oxygens (including phenoxy) is 3. The number of hydrogen-bond acceptors (Lipinski definition) is 4. The van der Waals surface area contributed by atoms with Crippen LogP contribution in [0.5, 0.6) is 17.2 Å². The average molecular weight is 265 g/mol. The van der Waals surface area contributed by atoms with Gasteiger partial charge in [-0.2, -0.15) is 0 Å². The number of rotatable bonds is 4. The summed E-state index contributed by atoms with van der Waals surface area (Å²) < 4.78 is 16.6. The first kappa shape index (κ1) is 14.0. The van der Waals surface area contributed by atoms with Crippen LogP contribution < -0.4 is 19.5 Å². The van der Waals surface area contributed by atoms with E-state index in [1.54, 1.807) is 21.3 Å². The number of nitrogens with one attached hydrogen (secondary N) is 1. The molecule has 1 N–H and O–H groups in total. The van der Waals surface area contributed by atoms with E-state index in [2.05, 4.69) is 19.2 Å². The number of hydrogen-bond donors (Lipinski definition) is 1. The highest BCUT2D eigenvalue weighted by Crippen LogP contribution is 2.45. The molecule has 4 nitrogen and oxygen atoms in total. The lowest BCUT2D eigenvalue weighted by molar-refractivity contribution is 0.319. The maximum atomic E-state index is 5.59. The molecule has 1 aliphatic heterocycles. The molecule has 0 aliphatic carbocycles. The normalized spacial score (nSPS) is 18.1. The topological polar surface area (TPSA) is 39.7 Å². The second-order valence-corrected chi connectivity index (χ2v) is 5.13. The molecule has 0 fully saturated rings. The summed E-state index contributed by atoms with van der Waals surface area (Å²) in [6.07, 6.45) is 0.947. The molecule has 19 heavy (non-hydrogen) atoms. The molecule has 1 atom stereocenters. The molecular formula is C15H23NO3. The van der Waals surface area contributed by atoms with Crippen molar-refractivity contribution < 1.29 is 14.2 Å². The maximum Gasteiger partial charge on any atom is 0.166 e. The van der Waals surface area contributed by atoms with E-state index < -0.39 is 0 Å². The smallest absolute Gasteiger partial charge is 0.166 e. The molecule has 4 heteroatoms. The zero-order valence-electron chi connectivity index (χ0n) is 12.4. The van der Waals surface area contributed by atoms with Crippen molar-refractivity contribution in [3.05, 3.63) is 17.2 Å². The Balaban J connectivity index is 2.67. The van der Waals surface area contributed by atoms with Gasteiger partial charge in [-0.3, -0.25) is 0 Å². The highest BCUT2D eigenvalue weighted by molar-refractivity contribution is 5.59. The van der Waals surface area contributed by atoms with Crippen LogP contribution in [0.1, 0.15) is 31.0 Å². The van der Waals surface area contributed by atoms with Gasteiger partial charge in [0.15, 0.2) is 11.5 Å². The van der Waals surface area contributed by atoms with Crippen molar-refractivity contribution in [1.29, 1.82) is 0 Å². The lowest BCUT2D eigenvalue weighted by Gasteiger charge is -2.33. The van der Waals surface area contributed by atoms with Crippen molar-refractivity contribution >= 4 is 0 Å². The van der Waals surface area contributed by atoms with E-state index in [4.69, 9.17) is 14.2 Å². The Kier molecular flexibility index (Phi) is 4.20. The minimum Gasteiger partial charge on any atom is -0.496 e. The lowest BCUT2D eigenvalue weighted by atomic mass is 9.86. The van der Waals surface area contributed by atoms with Crippen molar-refractivity contribution in [2.75, 3.05) is 27.9 Å². The monoisotopic (exact) mass is 265 g/mol. The Morgan fingerprint density at radius 3 is 2.32 bits per heavy atom. The van der Waals surface area contributed by atoms with E-state index >= 15 is 0 Å². The van der Waals surface area contributed by atoms with Gasteiger partial charge in [0.05, 0.1) is 21.3 Å². The number of benzene rings is 1. The molecule has 0 spiro atoms. The van der Waals surface area contributed by atoms with Crippen LogP contribution in [-0.4, -0.2) is 27.9 Å². The Hall–Kier alpha value is -1.42. The summed E-state index contributed by atoms with van der Waals surface area (Å²) in [5.74, 6) is 2.92. The van der Waals surface area contributed by atoms with E-state index in [1.165, 1.54) is 11.1 Å². The van der Waals surface area contributed by atoms with Crippen LogP contribution in [0.4, 0.5) is 0 Å². The van der Waals surface area contributed by atoms with Gasteiger partial charge in [0.1, 0.15) is 5.75 Å². The summed E-state index contributed by atoms with van der Waals surface area (Å²) in [4.78, 5) is 0. The summed E-state index contributed by atoms with van der Waals surface area (Å²) in [5.41, 5.74) is 2.41. The van der Waals surface area contributed by atoms with Crippen molar-refractivity contribution in [2.24, 2.45) is 5.92 Å². The molecule has 0 saturated heterocycles. The van der Waals surface area contributed by atoms with E-state index in [-0.39, 0.29) is 6.04 Å². The summed E-state index contributed by atoms with van der Waals surface area (Å²) in [5, 5.41) is 3.56. The van der Waals surface area contributed by atoms with Crippen LogP contribution in [0.25, 0.3) is 0 Å². The van der Waals surface area contributed by atoms with Crippen LogP contribution in [0.2, 0.25) is 0 Å². The molecule has 0 saturated carbocycles. The van der Waals surface area contributed by atoms with Gasteiger partial charge in [-0.15, -0.1) is 0 Å². The number of fused-ring (bicyclic) bond motifs is 1. The van der Waals surface area contributed by atoms with Gasteiger partial charge in [0.25, 0.3) is 0 Å². The maximum absolute atomic E-state index is 5.59. The third-order valence-corrected chi connectivity index (χ3v) is 3.71. The predicted molar refractivity (Wildman–Crippen MR) is 75.4 cm³/mol. The summed E-state index contributed by atoms with van der Waals surface area (Å²) >= 11 is 0. The lowest BCUT2D eigenvalue weighted by Crippen LogP contribution is -2.33. The molecule has 1 unspecified atom stereocenters. The first-order valence-corrected chi connectivity index (χ1v) is 6.69. The molecule has 0 aromatic heterocycles. The van der Waals surface area contributed by atoms with Crippen LogP contribution in [0.15, 0.2) is 6.07 Å². The Labute approximate surface area is 115 Å². The van der Waals surface area contributed by atoms with E-state index in [0.29, 0.717) is 5.92 Å². The van der Waals surface area contributed by atoms with Gasteiger partial charge >= 0.3 is 0 Å².